The Kier molecular flexibility index (Phi) is 4.16. The van der Waals surface area contributed by atoms with E-state index >= 15 is 0 Å². The molecule has 7 nitrogen and oxygen atoms in total. The molecule has 108 valence electrons. The predicted octanol–water partition coefficient (Wildman–Crippen LogP) is 0.893. The molecule has 0 saturated heterocycles. The number of anilines is 1. The normalized spacial score (nSPS) is 16.6. The minimum Gasteiger partial charge on any atom is -0.481 e. The van der Waals surface area contributed by atoms with Crippen LogP contribution in [-0.4, -0.2) is 40.8 Å². The van der Waals surface area contributed by atoms with Crippen LogP contribution in [0.4, 0.5) is 5.82 Å². The van der Waals surface area contributed by atoms with Crippen LogP contribution < -0.4 is 10.6 Å². The topological polar surface area (TPSA) is 104 Å². The van der Waals surface area contributed by atoms with Crippen molar-refractivity contribution in [3.63, 3.8) is 0 Å². The molecule has 1 heterocycles. The molecular formula is C13H18N4O3. The lowest BCUT2D eigenvalue weighted by atomic mass is 9.86. The molecule has 1 aliphatic rings. The minimum absolute atomic E-state index is 0.229. The number of aliphatic carboxylic acids is 1. The molecular weight excluding hydrogens is 260 g/mol. The van der Waals surface area contributed by atoms with Crippen molar-refractivity contribution in [1.82, 2.24) is 15.5 Å². The lowest BCUT2D eigenvalue weighted by Gasteiger charge is -2.24. The molecule has 20 heavy (non-hydrogen) atoms. The zero-order valence-electron chi connectivity index (χ0n) is 11.3. The largest absolute Gasteiger partial charge is 0.481 e. The van der Waals surface area contributed by atoms with Gasteiger partial charge in [0.25, 0.3) is 5.91 Å². The third-order valence-electron chi connectivity index (χ3n) is 3.75. The number of hydrogen-bond acceptors (Lipinski definition) is 5. The Hall–Kier alpha value is -2.18. The van der Waals surface area contributed by atoms with E-state index in [4.69, 9.17) is 0 Å². The highest BCUT2D eigenvalue weighted by Gasteiger charge is 2.41. The first-order valence-electron chi connectivity index (χ1n) is 6.60. The smallest absolute Gasteiger partial charge is 0.311 e. The van der Waals surface area contributed by atoms with Gasteiger partial charge in [0.15, 0.2) is 5.69 Å². The highest BCUT2D eigenvalue weighted by molar-refractivity contribution is 5.91. The first-order chi connectivity index (χ1) is 9.57. The summed E-state index contributed by atoms with van der Waals surface area (Å²) >= 11 is 0. The Labute approximate surface area is 116 Å². The molecule has 1 aromatic heterocycles. The molecule has 0 atom stereocenters. The van der Waals surface area contributed by atoms with Crippen molar-refractivity contribution >= 4 is 17.7 Å². The van der Waals surface area contributed by atoms with Gasteiger partial charge >= 0.3 is 5.97 Å². The molecule has 0 bridgehead atoms. The fourth-order valence-electron chi connectivity index (χ4n) is 2.45. The summed E-state index contributed by atoms with van der Waals surface area (Å²) in [5, 5.41) is 22.5. The number of nitrogens with one attached hydrogen (secondary N) is 2. The first-order valence-corrected chi connectivity index (χ1v) is 6.60. The molecule has 1 aromatic rings. The Morgan fingerprint density at radius 2 is 2.00 bits per heavy atom. The summed E-state index contributed by atoms with van der Waals surface area (Å²) in [4.78, 5) is 22.7. The molecule has 0 aliphatic heterocycles. The van der Waals surface area contributed by atoms with E-state index in [1.807, 2.05) is 0 Å². The minimum atomic E-state index is -0.766. The van der Waals surface area contributed by atoms with Crippen LogP contribution in [0.5, 0.6) is 0 Å². The molecule has 1 fully saturated rings. The van der Waals surface area contributed by atoms with Crippen LogP contribution in [0.25, 0.3) is 0 Å². The molecule has 2 rings (SSSR count). The number of nitrogens with zero attached hydrogens (tertiary/aromatic N) is 2. The summed E-state index contributed by atoms with van der Waals surface area (Å²) in [5.41, 5.74) is -0.479. The molecule has 7 heteroatoms. The van der Waals surface area contributed by atoms with Gasteiger partial charge in [-0.1, -0.05) is 12.8 Å². The average molecular weight is 278 g/mol. The summed E-state index contributed by atoms with van der Waals surface area (Å²) in [6.07, 6.45) is 3.24. The number of carboxylic acids is 1. The maximum absolute atomic E-state index is 11.4. The zero-order valence-corrected chi connectivity index (χ0v) is 11.3. The highest BCUT2D eigenvalue weighted by Crippen LogP contribution is 2.38. The number of rotatable bonds is 5. The van der Waals surface area contributed by atoms with Crippen LogP contribution in [0.2, 0.25) is 0 Å². The maximum Gasteiger partial charge on any atom is 0.311 e. The molecule has 0 spiro atoms. The van der Waals surface area contributed by atoms with Gasteiger partial charge in [-0.2, -0.15) is 0 Å². The van der Waals surface area contributed by atoms with Gasteiger partial charge < -0.3 is 15.7 Å². The van der Waals surface area contributed by atoms with Gasteiger partial charge in [-0.3, -0.25) is 9.59 Å². The number of carbonyl (C=O) groups excluding carboxylic acids is 1. The summed E-state index contributed by atoms with van der Waals surface area (Å²) in [7, 11) is 1.52. The SMILES string of the molecule is CNC(=O)c1ccc(NCC2(C(=O)O)CCCC2)nn1. The van der Waals surface area contributed by atoms with Crippen molar-refractivity contribution in [3.8, 4) is 0 Å². The molecule has 0 unspecified atom stereocenters. The van der Waals surface area contributed by atoms with E-state index in [2.05, 4.69) is 20.8 Å². The number of carboxylic acid groups (broad SMARTS) is 1. The predicted molar refractivity (Wildman–Crippen MR) is 72.4 cm³/mol. The van der Waals surface area contributed by atoms with Gasteiger partial charge in [0.2, 0.25) is 0 Å². The number of hydrogen-bond donors (Lipinski definition) is 3. The summed E-state index contributed by atoms with van der Waals surface area (Å²) in [6, 6.07) is 3.18. The third-order valence-corrected chi connectivity index (χ3v) is 3.75. The van der Waals surface area contributed by atoms with Crippen LogP contribution in [-0.2, 0) is 4.79 Å². The van der Waals surface area contributed by atoms with Crippen molar-refractivity contribution in [3.05, 3.63) is 17.8 Å². The molecule has 1 saturated carbocycles. The van der Waals surface area contributed by atoms with E-state index in [1.54, 1.807) is 12.1 Å². The van der Waals surface area contributed by atoms with Crippen LogP contribution in [0.1, 0.15) is 36.2 Å². The molecule has 0 aromatic carbocycles. The van der Waals surface area contributed by atoms with Crippen molar-refractivity contribution in [1.29, 1.82) is 0 Å². The van der Waals surface area contributed by atoms with Gasteiger partial charge in [-0.05, 0) is 25.0 Å². The average Bonchev–Trinajstić information content (AvgIpc) is 2.95. The van der Waals surface area contributed by atoms with E-state index in [1.165, 1.54) is 7.05 Å². The van der Waals surface area contributed by atoms with Gasteiger partial charge in [0.1, 0.15) is 5.82 Å². The first kappa shape index (κ1) is 14.2. The molecule has 3 N–H and O–H groups in total. The van der Waals surface area contributed by atoms with E-state index in [0.29, 0.717) is 25.2 Å². The lowest BCUT2D eigenvalue weighted by molar-refractivity contribution is -0.147. The Balaban J connectivity index is 2.00. The van der Waals surface area contributed by atoms with E-state index in [0.717, 1.165) is 12.8 Å². The summed E-state index contributed by atoms with van der Waals surface area (Å²) in [6.45, 7) is 0.330. The second-order valence-corrected chi connectivity index (χ2v) is 5.03. The van der Waals surface area contributed by atoms with E-state index in [9.17, 15) is 14.7 Å². The Bertz CT molecular complexity index is 495. The number of amides is 1. The lowest BCUT2D eigenvalue weighted by Crippen LogP contribution is -2.35. The Morgan fingerprint density at radius 3 is 2.50 bits per heavy atom. The maximum atomic E-state index is 11.4. The molecule has 0 radical (unpaired) electrons. The summed E-state index contributed by atoms with van der Waals surface area (Å²) in [5.74, 6) is -0.593. The van der Waals surface area contributed by atoms with Crippen molar-refractivity contribution < 1.29 is 14.7 Å². The third kappa shape index (κ3) is 2.87. The van der Waals surface area contributed by atoms with E-state index < -0.39 is 11.4 Å². The van der Waals surface area contributed by atoms with Gasteiger partial charge in [-0.15, -0.1) is 10.2 Å². The van der Waals surface area contributed by atoms with Crippen LogP contribution in [0.15, 0.2) is 12.1 Å². The van der Waals surface area contributed by atoms with Crippen molar-refractivity contribution in [2.45, 2.75) is 25.7 Å². The zero-order chi connectivity index (χ0) is 14.6. The number of carbonyl (C=O) groups is 2. The van der Waals surface area contributed by atoms with Crippen molar-refractivity contribution in [2.24, 2.45) is 5.41 Å². The highest BCUT2D eigenvalue weighted by atomic mass is 16.4. The summed E-state index contributed by atoms with van der Waals surface area (Å²) < 4.78 is 0. The second kappa shape index (κ2) is 5.85. The second-order valence-electron chi connectivity index (χ2n) is 5.03. The van der Waals surface area contributed by atoms with Crippen molar-refractivity contribution in [2.75, 3.05) is 18.9 Å². The van der Waals surface area contributed by atoms with Crippen LogP contribution >= 0.6 is 0 Å². The number of aromatic nitrogens is 2. The van der Waals surface area contributed by atoms with Gasteiger partial charge in [0.05, 0.1) is 5.41 Å². The standard InChI is InChI=1S/C13H18N4O3/c1-14-11(18)9-4-5-10(17-16-9)15-8-13(12(19)20)6-2-3-7-13/h4-5H,2-3,6-8H2,1H3,(H,14,18)(H,15,17)(H,19,20). The monoisotopic (exact) mass is 278 g/mol. The van der Waals surface area contributed by atoms with Crippen LogP contribution in [0.3, 0.4) is 0 Å². The fourth-order valence-corrected chi connectivity index (χ4v) is 2.45. The fraction of sp³-hybridized carbons (Fsp3) is 0.538. The Morgan fingerprint density at radius 1 is 1.30 bits per heavy atom. The molecule has 1 aliphatic carbocycles. The quantitative estimate of drug-likeness (QED) is 0.739. The van der Waals surface area contributed by atoms with Gasteiger partial charge in [0, 0.05) is 13.6 Å². The van der Waals surface area contributed by atoms with Crippen LogP contribution in [0, 0.1) is 5.41 Å². The molecule has 1 amide bonds. The van der Waals surface area contributed by atoms with E-state index in [-0.39, 0.29) is 11.6 Å². The van der Waals surface area contributed by atoms with Gasteiger partial charge in [-0.25, -0.2) is 0 Å².